The van der Waals surface area contributed by atoms with Crippen LogP contribution in [0.15, 0.2) is 46.0 Å². The third-order valence-corrected chi connectivity index (χ3v) is 4.87. The Kier molecular flexibility index (Phi) is 5.33. The Bertz CT molecular complexity index is 723. The molecule has 1 amide bonds. The van der Waals surface area contributed by atoms with E-state index in [0.717, 1.165) is 6.26 Å². The molecule has 5 nitrogen and oxygen atoms in total. The summed E-state index contributed by atoms with van der Waals surface area (Å²) >= 11 is 1.63. The molecule has 1 heterocycles. The average molecular weight is 338 g/mol. The minimum absolute atomic E-state index is 0.134. The fourth-order valence-corrected chi connectivity index (χ4v) is 3.27. The zero-order valence-electron chi connectivity index (χ0n) is 12.4. The number of amides is 1. The van der Waals surface area contributed by atoms with Crippen molar-refractivity contribution in [1.82, 2.24) is 4.90 Å². The normalized spacial score (nSPS) is 11.6. The maximum atomic E-state index is 12.0. The number of nitrogens with zero attached hydrogens (tertiary/aromatic N) is 1. The summed E-state index contributed by atoms with van der Waals surface area (Å²) in [5.74, 6) is -0.134. The monoisotopic (exact) mass is 338 g/mol. The van der Waals surface area contributed by atoms with Gasteiger partial charge in [0.1, 0.15) is 0 Å². The smallest absolute Gasteiger partial charge is 0.238 e. The van der Waals surface area contributed by atoms with E-state index in [4.69, 9.17) is 0 Å². The SMILES string of the molecule is CN(CC(=O)Nc1ccc(S(C)(=O)=O)cc1)Cc1ccsc1. The summed E-state index contributed by atoms with van der Waals surface area (Å²) in [6, 6.07) is 8.18. The summed E-state index contributed by atoms with van der Waals surface area (Å²) in [4.78, 5) is 14.1. The lowest BCUT2D eigenvalue weighted by Crippen LogP contribution is -2.29. The number of rotatable bonds is 6. The Morgan fingerprint density at radius 2 is 1.91 bits per heavy atom. The van der Waals surface area contributed by atoms with E-state index in [2.05, 4.69) is 10.7 Å². The van der Waals surface area contributed by atoms with Crippen molar-refractivity contribution in [3.8, 4) is 0 Å². The lowest BCUT2D eigenvalue weighted by molar-refractivity contribution is -0.117. The van der Waals surface area contributed by atoms with Gasteiger partial charge in [0.25, 0.3) is 0 Å². The van der Waals surface area contributed by atoms with Crippen molar-refractivity contribution in [3.63, 3.8) is 0 Å². The largest absolute Gasteiger partial charge is 0.325 e. The fourth-order valence-electron chi connectivity index (χ4n) is 1.98. The summed E-state index contributed by atoms with van der Waals surface area (Å²) in [5.41, 5.74) is 1.76. The number of nitrogens with one attached hydrogen (secondary N) is 1. The first-order chi connectivity index (χ1) is 10.3. The van der Waals surface area contributed by atoms with Crippen LogP contribution in [0.1, 0.15) is 5.56 Å². The Hall–Kier alpha value is -1.70. The molecule has 0 radical (unpaired) electrons. The molecule has 0 bridgehead atoms. The van der Waals surface area contributed by atoms with E-state index in [9.17, 15) is 13.2 Å². The van der Waals surface area contributed by atoms with Crippen LogP contribution in [-0.2, 0) is 21.2 Å². The molecule has 1 aromatic carbocycles. The van der Waals surface area contributed by atoms with Gasteiger partial charge in [0.2, 0.25) is 5.91 Å². The van der Waals surface area contributed by atoms with Gasteiger partial charge in [-0.3, -0.25) is 9.69 Å². The molecule has 1 N–H and O–H groups in total. The van der Waals surface area contributed by atoms with Crippen molar-refractivity contribution in [1.29, 1.82) is 0 Å². The predicted molar refractivity (Wildman–Crippen MR) is 88.8 cm³/mol. The zero-order chi connectivity index (χ0) is 16.2. The van der Waals surface area contributed by atoms with Crippen LogP contribution in [0.25, 0.3) is 0 Å². The third-order valence-electron chi connectivity index (χ3n) is 3.01. The van der Waals surface area contributed by atoms with Crippen molar-refractivity contribution in [2.75, 3.05) is 25.2 Å². The number of hydrogen-bond acceptors (Lipinski definition) is 5. The van der Waals surface area contributed by atoms with Crippen molar-refractivity contribution in [2.45, 2.75) is 11.4 Å². The van der Waals surface area contributed by atoms with Gasteiger partial charge >= 0.3 is 0 Å². The summed E-state index contributed by atoms with van der Waals surface area (Å²) in [6.45, 7) is 0.980. The van der Waals surface area contributed by atoms with Gasteiger partial charge in [-0.05, 0) is 53.7 Å². The van der Waals surface area contributed by atoms with E-state index in [-0.39, 0.29) is 17.3 Å². The number of thiophene rings is 1. The zero-order valence-corrected chi connectivity index (χ0v) is 14.1. The molecular weight excluding hydrogens is 320 g/mol. The number of likely N-dealkylation sites (N-methyl/N-ethyl adjacent to an activating group) is 1. The first-order valence-corrected chi connectivity index (χ1v) is 9.47. The van der Waals surface area contributed by atoms with Gasteiger partial charge in [0.15, 0.2) is 9.84 Å². The number of hydrogen-bond donors (Lipinski definition) is 1. The van der Waals surface area contributed by atoms with Crippen LogP contribution >= 0.6 is 11.3 Å². The molecular formula is C15H18N2O3S2. The van der Waals surface area contributed by atoms with Gasteiger partial charge < -0.3 is 5.32 Å². The van der Waals surface area contributed by atoms with E-state index in [0.29, 0.717) is 12.2 Å². The Morgan fingerprint density at radius 1 is 1.23 bits per heavy atom. The number of carbonyl (C=O) groups is 1. The first-order valence-electron chi connectivity index (χ1n) is 6.64. The molecule has 0 fully saturated rings. The molecule has 0 spiro atoms. The highest BCUT2D eigenvalue weighted by Crippen LogP contribution is 2.14. The maximum absolute atomic E-state index is 12.0. The number of carbonyl (C=O) groups excluding carboxylic acids is 1. The van der Waals surface area contributed by atoms with Crippen LogP contribution in [0.2, 0.25) is 0 Å². The summed E-state index contributed by atoms with van der Waals surface area (Å²) < 4.78 is 22.7. The molecule has 0 aliphatic rings. The van der Waals surface area contributed by atoms with Gasteiger partial charge in [-0.2, -0.15) is 11.3 Å². The molecule has 118 valence electrons. The molecule has 0 aliphatic carbocycles. The number of benzene rings is 1. The first kappa shape index (κ1) is 16.7. The molecule has 0 saturated heterocycles. The summed E-state index contributed by atoms with van der Waals surface area (Å²) in [7, 11) is -1.34. The molecule has 0 saturated carbocycles. The Morgan fingerprint density at radius 3 is 2.45 bits per heavy atom. The van der Waals surface area contributed by atoms with E-state index in [1.54, 1.807) is 23.5 Å². The minimum Gasteiger partial charge on any atom is -0.325 e. The van der Waals surface area contributed by atoms with Crippen molar-refractivity contribution >= 4 is 32.8 Å². The summed E-state index contributed by atoms with van der Waals surface area (Å²) in [6.07, 6.45) is 1.15. The van der Waals surface area contributed by atoms with Crippen LogP contribution in [-0.4, -0.2) is 39.1 Å². The quantitative estimate of drug-likeness (QED) is 0.877. The molecule has 0 aliphatic heterocycles. The molecule has 2 aromatic rings. The van der Waals surface area contributed by atoms with Crippen molar-refractivity contribution in [3.05, 3.63) is 46.7 Å². The second kappa shape index (κ2) is 7.04. The lowest BCUT2D eigenvalue weighted by Gasteiger charge is -2.15. The van der Waals surface area contributed by atoms with Crippen LogP contribution in [0, 0.1) is 0 Å². The fraction of sp³-hybridized carbons (Fsp3) is 0.267. The van der Waals surface area contributed by atoms with E-state index >= 15 is 0 Å². The molecule has 1 aromatic heterocycles. The maximum Gasteiger partial charge on any atom is 0.238 e. The molecule has 2 rings (SSSR count). The third kappa shape index (κ3) is 4.94. The van der Waals surface area contributed by atoms with Gasteiger partial charge in [-0.1, -0.05) is 0 Å². The van der Waals surface area contributed by atoms with Gasteiger partial charge in [-0.25, -0.2) is 8.42 Å². The van der Waals surface area contributed by atoms with Crippen molar-refractivity contribution in [2.24, 2.45) is 0 Å². The number of sulfone groups is 1. The average Bonchev–Trinajstić information content (AvgIpc) is 2.90. The summed E-state index contributed by atoms with van der Waals surface area (Å²) in [5, 5.41) is 6.82. The van der Waals surface area contributed by atoms with Gasteiger partial charge in [0, 0.05) is 18.5 Å². The van der Waals surface area contributed by atoms with Gasteiger partial charge in [-0.15, -0.1) is 0 Å². The second-order valence-electron chi connectivity index (χ2n) is 5.15. The second-order valence-corrected chi connectivity index (χ2v) is 7.94. The molecule has 0 atom stereocenters. The van der Waals surface area contributed by atoms with Crippen LogP contribution in [0.4, 0.5) is 5.69 Å². The lowest BCUT2D eigenvalue weighted by atomic mass is 10.3. The highest BCUT2D eigenvalue weighted by Gasteiger charge is 2.09. The Balaban J connectivity index is 1.89. The van der Waals surface area contributed by atoms with E-state index < -0.39 is 9.84 Å². The minimum atomic E-state index is -3.22. The highest BCUT2D eigenvalue weighted by atomic mass is 32.2. The van der Waals surface area contributed by atoms with Gasteiger partial charge in [0.05, 0.1) is 11.4 Å². The topological polar surface area (TPSA) is 66.5 Å². The van der Waals surface area contributed by atoms with E-state index in [1.807, 2.05) is 23.4 Å². The van der Waals surface area contributed by atoms with Crippen LogP contribution in [0.5, 0.6) is 0 Å². The molecule has 7 heteroatoms. The standard InChI is InChI=1S/C15H18N2O3S2/c1-17(9-12-7-8-21-11-12)10-15(18)16-13-3-5-14(6-4-13)22(2,19)20/h3-8,11H,9-10H2,1-2H3,(H,16,18). The van der Waals surface area contributed by atoms with Crippen LogP contribution < -0.4 is 5.32 Å². The highest BCUT2D eigenvalue weighted by molar-refractivity contribution is 7.90. The molecule has 0 unspecified atom stereocenters. The van der Waals surface area contributed by atoms with E-state index in [1.165, 1.54) is 17.7 Å². The Labute approximate surface area is 134 Å². The molecule has 22 heavy (non-hydrogen) atoms. The van der Waals surface area contributed by atoms with Crippen LogP contribution in [0.3, 0.4) is 0 Å². The predicted octanol–water partition coefficient (Wildman–Crippen LogP) is 2.22. The van der Waals surface area contributed by atoms with Crippen molar-refractivity contribution < 1.29 is 13.2 Å². The number of anilines is 1.